The van der Waals surface area contributed by atoms with Crippen LogP contribution in [0.2, 0.25) is 0 Å². The van der Waals surface area contributed by atoms with Gasteiger partial charge < -0.3 is 10.1 Å². The third kappa shape index (κ3) is 4.15. The van der Waals surface area contributed by atoms with Crippen molar-refractivity contribution in [2.24, 2.45) is 0 Å². The largest absolute Gasteiger partial charge is 0.376 e. The Morgan fingerprint density at radius 3 is 3.18 bits per heavy atom. The molecule has 1 aromatic carbocycles. The van der Waals surface area contributed by atoms with E-state index >= 15 is 0 Å². The van der Waals surface area contributed by atoms with Gasteiger partial charge in [-0.05, 0) is 25.0 Å². The first-order valence-corrected chi connectivity index (χ1v) is 8.96. The summed E-state index contributed by atoms with van der Waals surface area (Å²) < 4.78 is 6.52. The zero-order chi connectivity index (χ0) is 15.4. The second-order valence-electron chi connectivity index (χ2n) is 5.27. The molecule has 2 heterocycles. The van der Waals surface area contributed by atoms with E-state index in [2.05, 4.69) is 26.2 Å². The lowest BCUT2D eigenvalue weighted by atomic mass is 10.2. The maximum absolute atomic E-state index is 12.0. The molecule has 0 aliphatic carbocycles. The lowest BCUT2D eigenvalue weighted by molar-refractivity contribution is -0.121. The van der Waals surface area contributed by atoms with E-state index in [4.69, 9.17) is 4.74 Å². The Bertz CT molecular complexity index is 653. The quantitative estimate of drug-likeness (QED) is 0.864. The van der Waals surface area contributed by atoms with Gasteiger partial charge in [0.15, 0.2) is 0 Å². The number of aromatic nitrogens is 1. The summed E-state index contributed by atoms with van der Waals surface area (Å²) in [5, 5.41) is 5.80. The van der Waals surface area contributed by atoms with Crippen LogP contribution in [0.15, 0.2) is 34.1 Å². The second kappa shape index (κ2) is 7.35. The number of halogens is 1. The van der Waals surface area contributed by atoms with Crippen LogP contribution in [0.1, 0.15) is 18.5 Å². The molecule has 1 N–H and O–H groups in total. The summed E-state index contributed by atoms with van der Waals surface area (Å²) in [6.07, 6.45) is 2.61. The Balaban J connectivity index is 1.55. The van der Waals surface area contributed by atoms with Gasteiger partial charge in [0, 0.05) is 28.6 Å². The van der Waals surface area contributed by atoms with Gasteiger partial charge in [-0.15, -0.1) is 11.3 Å². The highest BCUT2D eigenvalue weighted by atomic mass is 79.9. The maximum Gasteiger partial charge on any atom is 0.226 e. The van der Waals surface area contributed by atoms with Gasteiger partial charge >= 0.3 is 0 Å². The summed E-state index contributed by atoms with van der Waals surface area (Å²) in [6.45, 7) is 1.41. The highest BCUT2D eigenvalue weighted by molar-refractivity contribution is 9.10. The molecule has 4 nitrogen and oxygen atoms in total. The molecule has 1 aromatic heterocycles. The molecule has 3 rings (SSSR count). The fraction of sp³-hybridized carbons (Fsp3) is 0.375. The normalized spacial score (nSPS) is 17.6. The Morgan fingerprint density at radius 1 is 1.50 bits per heavy atom. The molecule has 0 bridgehead atoms. The van der Waals surface area contributed by atoms with Crippen molar-refractivity contribution >= 4 is 33.2 Å². The number of nitrogens with zero attached hydrogens (tertiary/aromatic N) is 1. The Kier molecular flexibility index (Phi) is 5.23. The fourth-order valence-electron chi connectivity index (χ4n) is 2.40. The molecular weight excluding hydrogens is 364 g/mol. The van der Waals surface area contributed by atoms with Crippen molar-refractivity contribution in [3.8, 4) is 10.6 Å². The van der Waals surface area contributed by atoms with Gasteiger partial charge in [0.1, 0.15) is 5.01 Å². The smallest absolute Gasteiger partial charge is 0.226 e. The van der Waals surface area contributed by atoms with Crippen LogP contribution in [0.4, 0.5) is 0 Å². The van der Waals surface area contributed by atoms with Crippen LogP contribution >= 0.6 is 27.3 Å². The van der Waals surface area contributed by atoms with Crippen LogP contribution < -0.4 is 5.32 Å². The lowest BCUT2D eigenvalue weighted by Crippen LogP contribution is -2.32. The van der Waals surface area contributed by atoms with Crippen LogP contribution in [0.5, 0.6) is 0 Å². The van der Waals surface area contributed by atoms with Crippen LogP contribution in [-0.4, -0.2) is 30.1 Å². The van der Waals surface area contributed by atoms with Gasteiger partial charge in [-0.2, -0.15) is 0 Å². The summed E-state index contributed by atoms with van der Waals surface area (Å²) in [4.78, 5) is 16.5. The monoisotopic (exact) mass is 380 g/mol. The number of rotatable bonds is 5. The summed E-state index contributed by atoms with van der Waals surface area (Å²) in [7, 11) is 0. The molecule has 1 atom stereocenters. The third-order valence-electron chi connectivity index (χ3n) is 3.52. The minimum Gasteiger partial charge on any atom is -0.376 e. The van der Waals surface area contributed by atoms with Crippen LogP contribution in [0.25, 0.3) is 10.6 Å². The molecule has 0 spiro atoms. The summed E-state index contributed by atoms with van der Waals surface area (Å²) in [5.41, 5.74) is 1.87. The number of thiazole rings is 1. The van der Waals surface area contributed by atoms with E-state index in [0.717, 1.165) is 40.2 Å². The number of carbonyl (C=O) groups excluding carboxylic acids is 1. The van der Waals surface area contributed by atoms with Gasteiger partial charge in [-0.25, -0.2) is 4.98 Å². The molecule has 1 aliphatic heterocycles. The second-order valence-corrected chi connectivity index (χ2v) is 7.04. The topological polar surface area (TPSA) is 51.2 Å². The maximum atomic E-state index is 12.0. The predicted molar refractivity (Wildman–Crippen MR) is 90.9 cm³/mol. The number of amides is 1. The molecule has 2 aromatic rings. The van der Waals surface area contributed by atoms with Crippen molar-refractivity contribution in [1.29, 1.82) is 0 Å². The van der Waals surface area contributed by atoms with E-state index < -0.39 is 0 Å². The van der Waals surface area contributed by atoms with E-state index in [1.54, 1.807) is 11.3 Å². The number of nitrogens with one attached hydrogen (secondary N) is 1. The Morgan fingerprint density at radius 2 is 2.41 bits per heavy atom. The zero-order valence-electron chi connectivity index (χ0n) is 12.0. The van der Waals surface area contributed by atoms with E-state index in [-0.39, 0.29) is 12.0 Å². The molecule has 0 saturated carbocycles. The first kappa shape index (κ1) is 15.6. The molecule has 0 radical (unpaired) electrons. The fourth-order valence-corrected chi connectivity index (χ4v) is 3.62. The first-order chi connectivity index (χ1) is 10.7. The highest BCUT2D eigenvalue weighted by Gasteiger charge is 2.16. The van der Waals surface area contributed by atoms with E-state index in [1.807, 2.05) is 29.6 Å². The Labute approximate surface area is 142 Å². The molecule has 0 unspecified atom stereocenters. The number of benzene rings is 1. The molecule has 22 heavy (non-hydrogen) atoms. The standard InChI is InChI=1S/C16H17BrN2O2S/c17-12-4-1-3-11(7-12)16-19-13(10-22-16)8-15(20)18-9-14-5-2-6-21-14/h1,3-4,7,10,14H,2,5-6,8-9H2,(H,18,20)/t14-/m1/s1. The van der Waals surface area contributed by atoms with Gasteiger partial charge in [-0.3, -0.25) is 4.79 Å². The molecule has 6 heteroatoms. The van der Waals surface area contributed by atoms with Gasteiger partial charge in [0.25, 0.3) is 0 Å². The molecular formula is C16H17BrN2O2S. The summed E-state index contributed by atoms with van der Waals surface area (Å²) >= 11 is 5.02. The number of hydrogen-bond acceptors (Lipinski definition) is 4. The van der Waals surface area contributed by atoms with E-state index in [0.29, 0.717) is 13.0 Å². The minimum absolute atomic E-state index is 0.00147. The molecule has 1 saturated heterocycles. The van der Waals surface area contributed by atoms with E-state index in [1.165, 1.54) is 0 Å². The summed E-state index contributed by atoms with van der Waals surface area (Å²) in [5.74, 6) is 0.00147. The molecule has 1 aliphatic rings. The molecule has 1 fully saturated rings. The van der Waals surface area contributed by atoms with Crippen molar-refractivity contribution < 1.29 is 9.53 Å². The predicted octanol–water partition coefficient (Wildman–Crippen LogP) is 3.41. The zero-order valence-corrected chi connectivity index (χ0v) is 14.5. The lowest BCUT2D eigenvalue weighted by Gasteiger charge is -2.09. The van der Waals surface area contributed by atoms with Crippen molar-refractivity contribution in [2.45, 2.75) is 25.4 Å². The van der Waals surface area contributed by atoms with Crippen molar-refractivity contribution in [1.82, 2.24) is 10.3 Å². The van der Waals surface area contributed by atoms with Gasteiger partial charge in [0.05, 0.1) is 18.2 Å². The van der Waals surface area contributed by atoms with Gasteiger partial charge in [-0.1, -0.05) is 28.1 Å². The van der Waals surface area contributed by atoms with Crippen LogP contribution in [-0.2, 0) is 16.0 Å². The highest BCUT2D eigenvalue weighted by Crippen LogP contribution is 2.26. The van der Waals surface area contributed by atoms with E-state index in [9.17, 15) is 4.79 Å². The van der Waals surface area contributed by atoms with Crippen molar-refractivity contribution in [2.75, 3.05) is 13.2 Å². The SMILES string of the molecule is O=C(Cc1csc(-c2cccc(Br)c2)n1)NC[C@H]1CCCO1. The minimum atomic E-state index is 0.00147. The first-order valence-electron chi connectivity index (χ1n) is 7.29. The van der Waals surface area contributed by atoms with Crippen LogP contribution in [0.3, 0.4) is 0 Å². The van der Waals surface area contributed by atoms with Gasteiger partial charge in [0.2, 0.25) is 5.91 Å². The number of ether oxygens (including phenoxy) is 1. The average molecular weight is 381 g/mol. The third-order valence-corrected chi connectivity index (χ3v) is 4.95. The average Bonchev–Trinajstić information content (AvgIpc) is 3.16. The van der Waals surface area contributed by atoms with Crippen LogP contribution in [0, 0.1) is 0 Å². The number of carbonyl (C=O) groups is 1. The number of hydrogen-bond donors (Lipinski definition) is 1. The van der Waals surface area contributed by atoms with Crippen molar-refractivity contribution in [3.05, 3.63) is 39.8 Å². The molecule has 1 amide bonds. The molecule has 116 valence electrons. The van der Waals surface area contributed by atoms with Crippen molar-refractivity contribution in [3.63, 3.8) is 0 Å². The Hall–Kier alpha value is -1.24. The summed E-state index contributed by atoms with van der Waals surface area (Å²) in [6, 6.07) is 8.01.